The maximum Gasteiger partial charge on any atom is 0.243 e. The Morgan fingerprint density at radius 1 is 0.971 bits per heavy atom. The second-order valence-electron chi connectivity index (χ2n) is 7.60. The lowest BCUT2D eigenvalue weighted by Gasteiger charge is -2.22. The van der Waals surface area contributed by atoms with Gasteiger partial charge < -0.3 is 14.8 Å². The van der Waals surface area contributed by atoms with Crippen LogP contribution in [0.2, 0.25) is 5.02 Å². The number of hydrogen-bond donors (Lipinski definition) is 1. The molecule has 0 aliphatic rings. The highest BCUT2D eigenvalue weighted by molar-refractivity contribution is 7.89. The van der Waals surface area contributed by atoms with E-state index >= 15 is 0 Å². The maximum atomic E-state index is 13.5. The lowest BCUT2D eigenvalue weighted by Crippen LogP contribution is -2.39. The Hall–Kier alpha value is -3.07. The Morgan fingerprint density at radius 3 is 2.26 bits per heavy atom. The Kier molecular flexibility index (Phi) is 8.55. The van der Waals surface area contributed by atoms with E-state index < -0.39 is 15.9 Å². The van der Waals surface area contributed by atoms with Gasteiger partial charge in [0.1, 0.15) is 11.5 Å². The van der Waals surface area contributed by atoms with E-state index in [2.05, 4.69) is 5.32 Å². The first kappa shape index (κ1) is 25.6. The number of halogens is 1. The van der Waals surface area contributed by atoms with E-state index in [-0.39, 0.29) is 18.0 Å². The van der Waals surface area contributed by atoms with Crippen LogP contribution < -0.4 is 14.8 Å². The van der Waals surface area contributed by atoms with Crippen LogP contribution in [0.4, 0.5) is 5.69 Å². The van der Waals surface area contributed by atoms with E-state index in [1.54, 1.807) is 37.3 Å². The molecule has 0 atom stereocenters. The summed E-state index contributed by atoms with van der Waals surface area (Å²) in [6, 6.07) is 19.0. The van der Waals surface area contributed by atoms with Gasteiger partial charge in [-0.3, -0.25) is 4.79 Å². The van der Waals surface area contributed by atoms with Crippen LogP contribution in [0.1, 0.15) is 11.1 Å². The number of anilines is 1. The monoisotopic (exact) mass is 502 g/mol. The molecule has 0 fully saturated rings. The van der Waals surface area contributed by atoms with Crippen molar-refractivity contribution < 1.29 is 22.7 Å². The van der Waals surface area contributed by atoms with E-state index in [0.29, 0.717) is 34.2 Å². The number of ether oxygens (including phenoxy) is 2. The number of sulfonamides is 1. The van der Waals surface area contributed by atoms with E-state index in [4.69, 9.17) is 21.1 Å². The molecule has 1 amide bonds. The molecule has 7 nitrogen and oxygen atoms in total. The molecule has 0 heterocycles. The van der Waals surface area contributed by atoms with Crippen LogP contribution in [0.15, 0.2) is 71.6 Å². The van der Waals surface area contributed by atoms with E-state index in [1.165, 1.54) is 24.6 Å². The molecule has 3 rings (SSSR count). The maximum absolute atomic E-state index is 13.5. The highest BCUT2D eigenvalue weighted by atomic mass is 35.5. The van der Waals surface area contributed by atoms with Crippen molar-refractivity contribution in [2.75, 3.05) is 32.6 Å². The number of rotatable bonds is 10. The third-order valence-electron chi connectivity index (χ3n) is 5.25. The van der Waals surface area contributed by atoms with Crippen molar-refractivity contribution >= 4 is 33.2 Å². The van der Waals surface area contributed by atoms with Crippen molar-refractivity contribution in [2.24, 2.45) is 0 Å². The standard InChI is InChI=1S/C25H27ClN2O5S/c1-18-15-21(10-12-23(18)32-2)34(30,31)28(14-13-19-7-5-4-6-8-19)17-25(29)27-20-9-11-24(33-3)22(26)16-20/h4-12,15-16H,13-14,17H2,1-3H3,(H,27,29). The van der Waals surface area contributed by atoms with Crippen molar-refractivity contribution in [3.63, 3.8) is 0 Å². The molecule has 9 heteroatoms. The average molecular weight is 503 g/mol. The number of benzene rings is 3. The lowest BCUT2D eigenvalue weighted by atomic mass is 10.1. The van der Waals surface area contributed by atoms with Crippen LogP contribution in [0.3, 0.4) is 0 Å². The van der Waals surface area contributed by atoms with Crippen molar-refractivity contribution in [3.8, 4) is 11.5 Å². The molecule has 34 heavy (non-hydrogen) atoms. The Balaban J connectivity index is 1.84. The number of carbonyl (C=O) groups is 1. The second-order valence-corrected chi connectivity index (χ2v) is 9.95. The minimum absolute atomic E-state index is 0.0964. The Morgan fingerprint density at radius 2 is 1.65 bits per heavy atom. The van der Waals surface area contributed by atoms with Crippen molar-refractivity contribution in [1.29, 1.82) is 0 Å². The predicted octanol–water partition coefficient (Wildman–Crippen LogP) is 4.54. The topological polar surface area (TPSA) is 84.9 Å². The molecule has 0 aromatic heterocycles. The zero-order chi connectivity index (χ0) is 24.7. The van der Waals surface area contributed by atoms with Crippen LogP contribution >= 0.6 is 11.6 Å². The molecule has 0 bridgehead atoms. The summed E-state index contributed by atoms with van der Waals surface area (Å²) in [5.41, 5.74) is 2.09. The molecule has 1 N–H and O–H groups in total. The molecule has 0 aliphatic carbocycles. The minimum Gasteiger partial charge on any atom is -0.496 e. The van der Waals surface area contributed by atoms with Gasteiger partial charge in [0.15, 0.2) is 0 Å². The summed E-state index contributed by atoms with van der Waals surface area (Å²) in [4.78, 5) is 12.9. The third kappa shape index (κ3) is 6.28. The summed E-state index contributed by atoms with van der Waals surface area (Å²) in [6.45, 7) is 1.55. The van der Waals surface area contributed by atoms with Crippen LogP contribution in [0.25, 0.3) is 0 Å². The molecule has 3 aromatic rings. The molecule has 0 saturated heterocycles. The van der Waals surface area contributed by atoms with Gasteiger partial charge in [-0.2, -0.15) is 4.31 Å². The quantitative estimate of drug-likeness (QED) is 0.440. The number of carbonyl (C=O) groups excluding carboxylic acids is 1. The first-order chi connectivity index (χ1) is 16.2. The van der Waals surface area contributed by atoms with Gasteiger partial charge in [-0.1, -0.05) is 41.9 Å². The van der Waals surface area contributed by atoms with Crippen LogP contribution in [-0.2, 0) is 21.2 Å². The number of nitrogens with zero attached hydrogens (tertiary/aromatic N) is 1. The summed E-state index contributed by atoms with van der Waals surface area (Å²) in [6.07, 6.45) is 0.455. The molecule has 0 saturated carbocycles. The smallest absolute Gasteiger partial charge is 0.243 e. The van der Waals surface area contributed by atoms with E-state index in [1.807, 2.05) is 30.3 Å². The molecule has 0 radical (unpaired) electrons. The molecular weight excluding hydrogens is 476 g/mol. The summed E-state index contributed by atoms with van der Waals surface area (Å²) in [5.74, 6) is 0.577. The van der Waals surface area contributed by atoms with Crippen molar-refractivity contribution in [3.05, 3.63) is 82.9 Å². The first-order valence-corrected chi connectivity index (χ1v) is 12.4. The predicted molar refractivity (Wildman–Crippen MR) is 133 cm³/mol. The highest BCUT2D eigenvalue weighted by Crippen LogP contribution is 2.27. The molecule has 0 unspecified atom stereocenters. The fourth-order valence-corrected chi connectivity index (χ4v) is 5.19. The van der Waals surface area contributed by atoms with Crippen LogP contribution in [-0.4, -0.2) is 45.9 Å². The average Bonchev–Trinajstić information content (AvgIpc) is 2.82. The van der Waals surface area contributed by atoms with Gasteiger partial charge in [-0.25, -0.2) is 8.42 Å². The number of hydrogen-bond acceptors (Lipinski definition) is 5. The molecule has 0 spiro atoms. The zero-order valence-corrected chi connectivity index (χ0v) is 20.8. The SMILES string of the molecule is COc1ccc(S(=O)(=O)N(CCc2ccccc2)CC(=O)Nc2ccc(OC)c(Cl)c2)cc1C. The third-order valence-corrected chi connectivity index (χ3v) is 7.39. The number of methoxy groups -OCH3 is 2. The number of aryl methyl sites for hydroxylation is 1. The van der Waals surface area contributed by atoms with Gasteiger partial charge in [-0.05, 0) is 60.9 Å². The largest absolute Gasteiger partial charge is 0.496 e. The Labute approximate surface area is 205 Å². The van der Waals surface area contributed by atoms with Gasteiger partial charge in [0.05, 0.1) is 30.7 Å². The van der Waals surface area contributed by atoms with E-state index in [0.717, 1.165) is 5.56 Å². The van der Waals surface area contributed by atoms with Gasteiger partial charge in [-0.15, -0.1) is 0 Å². The summed E-state index contributed by atoms with van der Waals surface area (Å²) in [7, 11) is -0.932. The highest BCUT2D eigenvalue weighted by Gasteiger charge is 2.27. The van der Waals surface area contributed by atoms with Crippen molar-refractivity contribution in [2.45, 2.75) is 18.2 Å². The van der Waals surface area contributed by atoms with Gasteiger partial charge in [0.2, 0.25) is 15.9 Å². The fourth-order valence-electron chi connectivity index (χ4n) is 3.45. The number of nitrogens with one attached hydrogen (secondary N) is 1. The van der Waals surface area contributed by atoms with E-state index in [9.17, 15) is 13.2 Å². The fraction of sp³-hybridized carbons (Fsp3) is 0.240. The van der Waals surface area contributed by atoms with Gasteiger partial charge in [0, 0.05) is 12.2 Å². The first-order valence-electron chi connectivity index (χ1n) is 10.6. The second kappa shape index (κ2) is 11.4. The van der Waals surface area contributed by atoms with Gasteiger partial charge >= 0.3 is 0 Å². The number of amides is 1. The van der Waals surface area contributed by atoms with Crippen LogP contribution in [0.5, 0.6) is 11.5 Å². The lowest BCUT2D eigenvalue weighted by molar-refractivity contribution is -0.116. The van der Waals surface area contributed by atoms with Gasteiger partial charge in [0.25, 0.3) is 0 Å². The summed E-state index contributed by atoms with van der Waals surface area (Å²) < 4.78 is 38.5. The van der Waals surface area contributed by atoms with Crippen LogP contribution in [0, 0.1) is 6.92 Å². The summed E-state index contributed by atoms with van der Waals surface area (Å²) >= 11 is 6.14. The molecule has 0 aliphatic heterocycles. The molecule has 3 aromatic carbocycles. The van der Waals surface area contributed by atoms with Crippen molar-refractivity contribution in [1.82, 2.24) is 4.31 Å². The zero-order valence-electron chi connectivity index (χ0n) is 19.2. The minimum atomic E-state index is -3.95. The summed E-state index contributed by atoms with van der Waals surface area (Å²) in [5, 5.41) is 3.05. The normalized spacial score (nSPS) is 11.3. The Bertz CT molecular complexity index is 1250. The molecule has 180 valence electrons. The molecular formula is C25H27ClN2O5S.